The number of allylic oxidation sites excluding steroid dienone is 1. The topological polar surface area (TPSA) is 55.7 Å². The van der Waals surface area contributed by atoms with Crippen molar-refractivity contribution in [1.82, 2.24) is 10.2 Å². The van der Waals surface area contributed by atoms with Gasteiger partial charge in [0.2, 0.25) is 0 Å². The molecular formula is C26H48N2O2. The molecule has 3 N–H and O–H groups in total. The van der Waals surface area contributed by atoms with E-state index in [4.69, 9.17) is 0 Å². The van der Waals surface area contributed by atoms with E-state index in [1.807, 2.05) is 6.08 Å². The molecule has 0 amide bonds. The number of aliphatic hydroxyl groups is 2. The highest BCUT2D eigenvalue weighted by Crippen LogP contribution is 2.47. The summed E-state index contributed by atoms with van der Waals surface area (Å²) < 4.78 is 0. The van der Waals surface area contributed by atoms with Gasteiger partial charge in [0.25, 0.3) is 0 Å². The molecule has 2 rings (SSSR count). The van der Waals surface area contributed by atoms with E-state index in [0.29, 0.717) is 23.9 Å². The molecule has 0 aromatic rings. The van der Waals surface area contributed by atoms with E-state index >= 15 is 0 Å². The number of nitrogens with one attached hydrogen (secondary N) is 1. The second kappa shape index (κ2) is 13.0. The van der Waals surface area contributed by atoms with Crippen LogP contribution in [-0.4, -0.2) is 59.0 Å². The van der Waals surface area contributed by atoms with Gasteiger partial charge in [-0.3, -0.25) is 4.90 Å². The Balaban J connectivity index is 1.72. The van der Waals surface area contributed by atoms with Gasteiger partial charge in [-0.1, -0.05) is 50.0 Å². The molecule has 5 atom stereocenters. The maximum Gasteiger partial charge on any atom is 0.0721 e. The van der Waals surface area contributed by atoms with Gasteiger partial charge in [0.15, 0.2) is 0 Å². The average Bonchev–Trinajstić information content (AvgIpc) is 3.18. The number of hydrogen-bond acceptors (Lipinski definition) is 4. The van der Waals surface area contributed by atoms with Crippen LogP contribution in [0.4, 0.5) is 0 Å². The molecule has 0 radical (unpaired) electrons. The van der Waals surface area contributed by atoms with Crippen LogP contribution in [0.2, 0.25) is 0 Å². The van der Waals surface area contributed by atoms with Crippen molar-refractivity contribution in [2.45, 2.75) is 104 Å². The number of hydrogen-bond donors (Lipinski definition) is 3. The first-order valence-corrected chi connectivity index (χ1v) is 12.5. The summed E-state index contributed by atoms with van der Waals surface area (Å²) in [5.41, 5.74) is 1.50. The van der Waals surface area contributed by atoms with Crippen LogP contribution in [0.25, 0.3) is 0 Å². The van der Waals surface area contributed by atoms with Gasteiger partial charge in [-0.25, -0.2) is 0 Å². The minimum atomic E-state index is -0.366. The number of nitrogens with zero attached hydrogens (tertiary/aromatic N) is 1. The quantitative estimate of drug-likeness (QED) is 0.286. The molecule has 4 heteroatoms. The van der Waals surface area contributed by atoms with Crippen molar-refractivity contribution < 1.29 is 10.2 Å². The predicted octanol–water partition coefficient (Wildman–Crippen LogP) is 4.53. The summed E-state index contributed by atoms with van der Waals surface area (Å²) in [7, 11) is 0. The van der Waals surface area contributed by atoms with Gasteiger partial charge in [0.05, 0.1) is 12.2 Å². The van der Waals surface area contributed by atoms with Crippen LogP contribution in [0, 0.1) is 17.8 Å². The van der Waals surface area contributed by atoms with Crippen molar-refractivity contribution >= 4 is 0 Å². The van der Waals surface area contributed by atoms with Crippen molar-refractivity contribution in [3.05, 3.63) is 23.8 Å². The molecule has 1 saturated carbocycles. The zero-order valence-electron chi connectivity index (χ0n) is 20.2. The van der Waals surface area contributed by atoms with E-state index in [0.717, 1.165) is 45.3 Å². The van der Waals surface area contributed by atoms with Gasteiger partial charge in [0, 0.05) is 24.5 Å². The molecule has 0 aromatic carbocycles. The van der Waals surface area contributed by atoms with E-state index in [9.17, 15) is 10.2 Å². The first-order valence-electron chi connectivity index (χ1n) is 12.5. The van der Waals surface area contributed by atoms with E-state index in [1.54, 1.807) is 0 Å². The lowest BCUT2D eigenvalue weighted by atomic mass is 9.89. The summed E-state index contributed by atoms with van der Waals surface area (Å²) in [6, 6.07) is 1.20. The first-order chi connectivity index (χ1) is 14.3. The molecular weight excluding hydrogens is 372 g/mol. The largest absolute Gasteiger partial charge is 0.392 e. The Hall–Kier alpha value is -0.680. The first kappa shape index (κ1) is 25.6. The van der Waals surface area contributed by atoms with E-state index in [2.05, 4.69) is 57.0 Å². The van der Waals surface area contributed by atoms with Gasteiger partial charge >= 0.3 is 0 Å². The molecule has 0 unspecified atom stereocenters. The van der Waals surface area contributed by atoms with Crippen molar-refractivity contribution in [1.29, 1.82) is 0 Å². The lowest BCUT2D eigenvalue weighted by Crippen LogP contribution is -2.38. The normalized spacial score (nSPS) is 27.6. The molecule has 4 nitrogen and oxygen atoms in total. The lowest BCUT2D eigenvalue weighted by Gasteiger charge is -2.30. The zero-order valence-corrected chi connectivity index (χ0v) is 20.2. The molecule has 0 saturated heterocycles. The highest BCUT2D eigenvalue weighted by Gasteiger charge is 2.43. The van der Waals surface area contributed by atoms with Gasteiger partial charge in [0.1, 0.15) is 0 Å². The second-order valence-electron chi connectivity index (χ2n) is 10.1. The van der Waals surface area contributed by atoms with Crippen molar-refractivity contribution in [2.75, 3.05) is 19.6 Å². The number of rotatable bonds is 14. The molecule has 0 heterocycles. The minimum Gasteiger partial charge on any atom is -0.392 e. The van der Waals surface area contributed by atoms with Crippen LogP contribution in [0.3, 0.4) is 0 Å². The van der Waals surface area contributed by atoms with E-state index in [-0.39, 0.29) is 18.1 Å². The molecule has 0 bridgehead atoms. The van der Waals surface area contributed by atoms with Crippen molar-refractivity contribution in [3.63, 3.8) is 0 Å². The fraction of sp³-hybridized carbons (Fsp3) is 0.846. The number of fused-ring (bicyclic) bond motifs is 1. The smallest absolute Gasteiger partial charge is 0.0721 e. The molecule has 0 aliphatic heterocycles. The Bertz CT molecular complexity index is 535. The Morgan fingerprint density at radius 3 is 2.57 bits per heavy atom. The molecule has 30 heavy (non-hydrogen) atoms. The van der Waals surface area contributed by atoms with Gasteiger partial charge in [-0.15, -0.1) is 0 Å². The van der Waals surface area contributed by atoms with Crippen LogP contribution < -0.4 is 5.32 Å². The van der Waals surface area contributed by atoms with Crippen LogP contribution in [-0.2, 0) is 0 Å². The Labute approximate surface area is 185 Å². The Morgan fingerprint density at radius 2 is 1.90 bits per heavy atom. The van der Waals surface area contributed by atoms with Gasteiger partial charge in [-0.2, -0.15) is 0 Å². The van der Waals surface area contributed by atoms with E-state index < -0.39 is 0 Å². The third-order valence-corrected chi connectivity index (χ3v) is 7.06. The fourth-order valence-electron chi connectivity index (χ4n) is 5.44. The van der Waals surface area contributed by atoms with E-state index in [1.165, 1.54) is 24.8 Å². The standard InChI is InChI=1S/C26H48N2O2/c1-6-7-8-10-23(29)11-12-24-25-16-21(15-22(25)17-26(24)30)18-27-13-9-14-28(19(2)3)20(4)5/h11-12,15,19-20,22-27,29-30H,6-10,13-14,16-18H2,1-5H3/t22-,23-,24+,25-,26+/m0/s1. The second-order valence-corrected chi connectivity index (χ2v) is 10.1. The van der Waals surface area contributed by atoms with Crippen LogP contribution >= 0.6 is 0 Å². The molecule has 0 spiro atoms. The Morgan fingerprint density at radius 1 is 1.17 bits per heavy atom. The molecule has 1 fully saturated rings. The third kappa shape index (κ3) is 7.78. The molecule has 174 valence electrons. The predicted molar refractivity (Wildman–Crippen MR) is 128 cm³/mol. The highest BCUT2D eigenvalue weighted by atomic mass is 16.3. The number of unbranched alkanes of at least 4 members (excludes halogenated alkanes) is 2. The average molecular weight is 421 g/mol. The number of aliphatic hydroxyl groups excluding tert-OH is 2. The van der Waals surface area contributed by atoms with Crippen LogP contribution in [0.1, 0.15) is 79.6 Å². The zero-order chi connectivity index (χ0) is 22.1. The SMILES string of the molecule is CCCCC[C@H](O)C=C[C@@H]1[C@H]2CC(CNCCCN(C(C)C)C(C)C)=C[C@H]2C[C@H]1O. The summed E-state index contributed by atoms with van der Waals surface area (Å²) in [5, 5.41) is 24.3. The summed E-state index contributed by atoms with van der Waals surface area (Å²) in [4.78, 5) is 2.55. The van der Waals surface area contributed by atoms with Crippen molar-refractivity contribution in [3.8, 4) is 0 Å². The van der Waals surface area contributed by atoms with Gasteiger partial charge in [-0.05, 0) is 78.3 Å². The summed E-state index contributed by atoms with van der Waals surface area (Å²) in [5.74, 6) is 1.20. The molecule has 0 aromatic heterocycles. The highest BCUT2D eigenvalue weighted by molar-refractivity contribution is 5.21. The van der Waals surface area contributed by atoms with Crippen LogP contribution in [0.15, 0.2) is 23.8 Å². The maximum atomic E-state index is 10.5. The van der Waals surface area contributed by atoms with Crippen molar-refractivity contribution in [2.24, 2.45) is 17.8 Å². The summed E-state index contributed by atoms with van der Waals surface area (Å²) in [6.07, 6.45) is 13.2. The minimum absolute atomic E-state index is 0.190. The fourth-order valence-corrected chi connectivity index (χ4v) is 5.44. The summed E-state index contributed by atoms with van der Waals surface area (Å²) >= 11 is 0. The third-order valence-electron chi connectivity index (χ3n) is 7.06. The lowest BCUT2D eigenvalue weighted by molar-refractivity contribution is 0.139. The Kier molecular flexibility index (Phi) is 11.1. The monoisotopic (exact) mass is 420 g/mol. The summed E-state index contributed by atoms with van der Waals surface area (Å²) in [6.45, 7) is 14.5. The van der Waals surface area contributed by atoms with Gasteiger partial charge < -0.3 is 15.5 Å². The van der Waals surface area contributed by atoms with Crippen LogP contribution in [0.5, 0.6) is 0 Å². The molecule has 2 aliphatic carbocycles. The maximum absolute atomic E-state index is 10.5. The molecule has 2 aliphatic rings.